The molecular formula is C18H20N2O3. The van der Waals surface area contributed by atoms with Gasteiger partial charge in [0.05, 0.1) is 13.2 Å². The molecule has 0 radical (unpaired) electrons. The van der Waals surface area contributed by atoms with Gasteiger partial charge in [0.2, 0.25) is 0 Å². The van der Waals surface area contributed by atoms with E-state index < -0.39 is 0 Å². The van der Waals surface area contributed by atoms with Gasteiger partial charge in [0.1, 0.15) is 5.75 Å². The largest absolute Gasteiger partial charge is 0.497 e. The zero-order valence-electron chi connectivity index (χ0n) is 13.1. The van der Waals surface area contributed by atoms with Crippen LogP contribution in [0.1, 0.15) is 34.9 Å². The second kappa shape index (κ2) is 7.24. The lowest BCUT2D eigenvalue weighted by Crippen LogP contribution is -2.39. The van der Waals surface area contributed by atoms with Crippen LogP contribution in [0.25, 0.3) is 0 Å². The summed E-state index contributed by atoms with van der Waals surface area (Å²) in [5.74, 6) is 0.596. The van der Waals surface area contributed by atoms with E-state index in [9.17, 15) is 4.79 Å². The highest BCUT2D eigenvalue weighted by molar-refractivity contribution is 5.94. The van der Waals surface area contributed by atoms with E-state index in [1.54, 1.807) is 25.4 Å². The Bertz CT molecular complexity index is 660. The smallest absolute Gasteiger partial charge is 0.251 e. The van der Waals surface area contributed by atoms with Crippen molar-refractivity contribution < 1.29 is 14.3 Å². The van der Waals surface area contributed by atoms with Crippen molar-refractivity contribution in [2.45, 2.75) is 25.0 Å². The van der Waals surface area contributed by atoms with E-state index in [4.69, 9.17) is 9.47 Å². The normalized spacial score (nSPS) is 20.7. The maximum atomic E-state index is 12.4. The van der Waals surface area contributed by atoms with Crippen LogP contribution in [0.15, 0.2) is 48.8 Å². The summed E-state index contributed by atoms with van der Waals surface area (Å²) in [5, 5.41) is 3.09. The molecule has 2 aromatic rings. The van der Waals surface area contributed by atoms with Crippen LogP contribution in [-0.2, 0) is 4.74 Å². The Morgan fingerprint density at radius 2 is 2.26 bits per heavy atom. The maximum Gasteiger partial charge on any atom is 0.251 e. The Morgan fingerprint density at radius 3 is 3.04 bits per heavy atom. The fraction of sp³-hybridized carbons (Fsp3) is 0.333. The Labute approximate surface area is 135 Å². The molecule has 5 heteroatoms. The number of methoxy groups -OCH3 is 1. The van der Waals surface area contributed by atoms with Crippen LogP contribution in [0.2, 0.25) is 0 Å². The molecular weight excluding hydrogens is 292 g/mol. The lowest BCUT2D eigenvalue weighted by atomic mass is 9.98. The van der Waals surface area contributed by atoms with Crippen LogP contribution in [-0.4, -0.2) is 30.6 Å². The molecule has 2 atom stereocenters. The van der Waals surface area contributed by atoms with Gasteiger partial charge in [-0.2, -0.15) is 0 Å². The van der Waals surface area contributed by atoms with Gasteiger partial charge in [0.15, 0.2) is 0 Å². The van der Waals surface area contributed by atoms with Crippen LogP contribution in [0, 0.1) is 0 Å². The van der Waals surface area contributed by atoms with E-state index in [0.717, 1.165) is 18.4 Å². The first-order valence-corrected chi connectivity index (χ1v) is 7.72. The predicted molar refractivity (Wildman–Crippen MR) is 86.4 cm³/mol. The summed E-state index contributed by atoms with van der Waals surface area (Å²) in [6, 6.07) is 11.2. The summed E-state index contributed by atoms with van der Waals surface area (Å²) in [5.41, 5.74) is 1.65. The van der Waals surface area contributed by atoms with Crippen molar-refractivity contribution in [2.24, 2.45) is 0 Å². The first-order chi connectivity index (χ1) is 11.3. The number of benzene rings is 1. The molecule has 1 aromatic carbocycles. The summed E-state index contributed by atoms with van der Waals surface area (Å²) < 4.78 is 11.0. The molecule has 2 heterocycles. The minimum Gasteiger partial charge on any atom is -0.497 e. The highest BCUT2D eigenvalue weighted by atomic mass is 16.5. The van der Waals surface area contributed by atoms with Gasteiger partial charge in [-0.1, -0.05) is 12.1 Å². The second-order valence-corrected chi connectivity index (χ2v) is 5.57. The van der Waals surface area contributed by atoms with Crippen molar-refractivity contribution in [1.29, 1.82) is 0 Å². The molecule has 1 saturated heterocycles. The van der Waals surface area contributed by atoms with Gasteiger partial charge >= 0.3 is 0 Å². The van der Waals surface area contributed by atoms with Gasteiger partial charge in [0, 0.05) is 30.6 Å². The second-order valence-electron chi connectivity index (χ2n) is 5.57. The molecule has 0 saturated carbocycles. The van der Waals surface area contributed by atoms with E-state index in [1.165, 1.54) is 0 Å². The summed E-state index contributed by atoms with van der Waals surface area (Å²) in [7, 11) is 1.59. The molecule has 0 unspecified atom stereocenters. The molecule has 5 nitrogen and oxygen atoms in total. The summed E-state index contributed by atoms with van der Waals surface area (Å²) in [6.07, 6.45) is 5.10. The number of ether oxygens (including phenoxy) is 2. The molecule has 0 aliphatic carbocycles. The Balaban J connectivity index is 1.64. The van der Waals surface area contributed by atoms with Crippen molar-refractivity contribution in [3.05, 3.63) is 59.9 Å². The minimum absolute atomic E-state index is 0.0203. The number of hydrogen-bond donors (Lipinski definition) is 1. The lowest BCUT2D eigenvalue weighted by molar-refractivity contribution is 0.000723. The van der Waals surface area contributed by atoms with Gasteiger partial charge in [-0.3, -0.25) is 9.78 Å². The number of nitrogens with one attached hydrogen (secondary N) is 1. The summed E-state index contributed by atoms with van der Waals surface area (Å²) in [4.78, 5) is 16.5. The van der Waals surface area contributed by atoms with Crippen molar-refractivity contribution in [1.82, 2.24) is 10.3 Å². The molecule has 1 aliphatic heterocycles. The number of amides is 1. The van der Waals surface area contributed by atoms with Gasteiger partial charge < -0.3 is 14.8 Å². The lowest BCUT2D eigenvalue weighted by Gasteiger charge is -2.30. The van der Waals surface area contributed by atoms with E-state index in [-0.39, 0.29) is 18.1 Å². The molecule has 23 heavy (non-hydrogen) atoms. The number of carbonyl (C=O) groups is 1. The molecule has 3 rings (SSSR count). The van der Waals surface area contributed by atoms with Gasteiger partial charge in [-0.05, 0) is 42.7 Å². The number of aromatic nitrogens is 1. The first kappa shape index (κ1) is 15.5. The van der Waals surface area contributed by atoms with Crippen LogP contribution in [0.5, 0.6) is 5.75 Å². The highest BCUT2D eigenvalue weighted by Crippen LogP contribution is 2.27. The molecule has 120 valence electrons. The summed E-state index contributed by atoms with van der Waals surface area (Å²) >= 11 is 0. The number of pyridine rings is 1. The quantitative estimate of drug-likeness (QED) is 0.943. The third kappa shape index (κ3) is 3.87. The molecule has 1 fully saturated rings. The number of hydrogen-bond acceptors (Lipinski definition) is 4. The van der Waals surface area contributed by atoms with Gasteiger partial charge in [-0.25, -0.2) is 0 Å². The number of nitrogens with zero attached hydrogens (tertiary/aromatic N) is 1. The maximum absolute atomic E-state index is 12.4. The van der Waals surface area contributed by atoms with E-state index in [2.05, 4.69) is 10.3 Å². The minimum atomic E-state index is -0.0827. The van der Waals surface area contributed by atoms with Crippen LogP contribution >= 0.6 is 0 Å². The zero-order chi connectivity index (χ0) is 16.1. The Kier molecular flexibility index (Phi) is 4.88. The zero-order valence-corrected chi connectivity index (χ0v) is 13.1. The van der Waals surface area contributed by atoms with Crippen molar-refractivity contribution in [3.63, 3.8) is 0 Å². The van der Waals surface area contributed by atoms with Crippen LogP contribution < -0.4 is 10.1 Å². The van der Waals surface area contributed by atoms with Crippen molar-refractivity contribution in [3.8, 4) is 5.75 Å². The van der Waals surface area contributed by atoms with Crippen molar-refractivity contribution in [2.75, 3.05) is 13.7 Å². The molecule has 1 N–H and O–H groups in total. The Morgan fingerprint density at radius 1 is 1.35 bits per heavy atom. The van der Waals surface area contributed by atoms with E-state index in [1.807, 2.05) is 30.5 Å². The number of rotatable bonds is 4. The van der Waals surface area contributed by atoms with Gasteiger partial charge in [0.25, 0.3) is 5.91 Å². The first-order valence-electron chi connectivity index (χ1n) is 7.72. The fourth-order valence-corrected chi connectivity index (χ4v) is 2.76. The SMILES string of the molecule is COc1cccc(C(=O)N[C@H]2CCO[C@@H](c3cccnc3)C2)c1. The monoisotopic (exact) mass is 312 g/mol. The van der Waals surface area contributed by atoms with Gasteiger partial charge in [-0.15, -0.1) is 0 Å². The van der Waals surface area contributed by atoms with E-state index in [0.29, 0.717) is 17.9 Å². The number of carbonyl (C=O) groups excluding carboxylic acids is 1. The van der Waals surface area contributed by atoms with Crippen LogP contribution in [0.4, 0.5) is 0 Å². The highest BCUT2D eigenvalue weighted by Gasteiger charge is 2.25. The predicted octanol–water partition coefficient (Wildman–Crippen LogP) is 2.74. The summed E-state index contributed by atoms with van der Waals surface area (Å²) in [6.45, 7) is 0.628. The van der Waals surface area contributed by atoms with E-state index >= 15 is 0 Å². The average Bonchev–Trinajstić information content (AvgIpc) is 2.63. The average molecular weight is 312 g/mol. The third-order valence-electron chi connectivity index (χ3n) is 4.01. The topological polar surface area (TPSA) is 60.5 Å². The molecule has 0 spiro atoms. The fourth-order valence-electron chi connectivity index (χ4n) is 2.76. The molecule has 1 aromatic heterocycles. The molecule has 1 amide bonds. The van der Waals surface area contributed by atoms with Crippen molar-refractivity contribution >= 4 is 5.91 Å². The molecule has 0 bridgehead atoms. The van der Waals surface area contributed by atoms with Crippen LogP contribution in [0.3, 0.4) is 0 Å². The molecule has 1 aliphatic rings. The third-order valence-corrected chi connectivity index (χ3v) is 4.01. The standard InChI is InChI=1S/C18H20N2O3/c1-22-16-6-2-4-13(10-16)18(21)20-15-7-9-23-17(11-15)14-5-3-8-19-12-14/h2-6,8,10,12,15,17H,7,9,11H2,1H3,(H,20,21)/t15-,17+/m0/s1. The Hall–Kier alpha value is -2.40.